The Labute approximate surface area is 186 Å². The molecule has 0 saturated carbocycles. The molecule has 11 heteroatoms. The first-order chi connectivity index (χ1) is 15.8. The Kier molecular flexibility index (Phi) is 6.15. The zero-order valence-electron chi connectivity index (χ0n) is 17.3. The molecule has 3 aromatic rings. The van der Waals surface area contributed by atoms with Gasteiger partial charge in [0.05, 0.1) is 13.7 Å². The van der Waals surface area contributed by atoms with Crippen LogP contribution in [0.1, 0.15) is 0 Å². The highest BCUT2D eigenvalue weighted by atomic mass is 16.7. The first kappa shape index (κ1) is 22.8. The number of hydrogen-bond donors (Lipinski definition) is 6. The molecule has 5 atom stereocenters. The maximum absolute atomic E-state index is 12.5. The number of fused-ring (bicyclic) bond motifs is 1. The molecule has 33 heavy (non-hydrogen) atoms. The van der Waals surface area contributed by atoms with Gasteiger partial charge in [0.15, 0.2) is 17.3 Å². The Morgan fingerprint density at radius 2 is 1.76 bits per heavy atom. The van der Waals surface area contributed by atoms with E-state index in [9.17, 15) is 35.4 Å². The minimum absolute atomic E-state index is 0.0610. The summed E-state index contributed by atoms with van der Waals surface area (Å²) in [5.74, 6) is -1.05. The van der Waals surface area contributed by atoms with Gasteiger partial charge >= 0.3 is 0 Å². The molecular formula is C22H22O11. The quantitative estimate of drug-likeness (QED) is 0.302. The van der Waals surface area contributed by atoms with Crippen LogP contribution in [0.4, 0.5) is 0 Å². The molecule has 0 bridgehead atoms. The summed E-state index contributed by atoms with van der Waals surface area (Å²) in [6.45, 7) is -0.614. The number of hydrogen-bond acceptors (Lipinski definition) is 11. The zero-order valence-corrected chi connectivity index (χ0v) is 17.3. The van der Waals surface area contributed by atoms with Crippen molar-refractivity contribution in [3.8, 4) is 34.3 Å². The van der Waals surface area contributed by atoms with E-state index in [-0.39, 0.29) is 39.5 Å². The van der Waals surface area contributed by atoms with Gasteiger partial charge in [0.1, 0.15) is 41.1 Å². The second kappa shape index (κ2) is 8.89. The third kappa shape index (κ3) is 3.96. The molecule has 2 aromatic carbocycles. The highest BCUT2D eigenvalue weighted by molar-refractivity contribution is 5.87. The fourth-order valence-corrected chi connectivity index (χ4v) is 3.60. The van der Waals surface area contributed by atoms with Crippen LogP contribution in [0.5, 0.6) is 23.0 Å². The monoisotopic (exact) mass is 462 g/mol. The van der Waals surface area contributed by atoms with Gasteiger partial charge in [-0.2, -0.15) is 0 Å². The normalized spacial score (nSPS) is 25.2. The average Bonchev–Trinajstić information content (AvgIpc) is 2.81. The van der Waals surface area contributed by atoms with Gasteiger partial charge < -0.3 is 49.3 Å². The van der Waals surface area contributed by atoms with Crippen molar-refractivity contribution in [1.29, 1.82) is 0 Å². The Bertz CT molecular complexity index is 1220. The molecule has 0 radical (unpaired) electrons. The smallest absolute Gasteiger partial charge is 0.238 e. The van der Waals surface area contributed by atoms with Crippen molar-refractivity contribution in [3.05, 3.63) is 46.6 Å². The summed E-state index contributed by atoms with van der Waals surface area (Å²) in [7, 11) is 1.33. The molecule has 4 rings (SSSR count). The lowest BCUT2D eigenvalue weighted by molar-refractivity contribution is -0.277. The SMILES string of the molecule is COc1cc(-c2oc3cccc(O)c3c(=O)c2O)ccc1OC1OC(CO)C(O)C(O)C1O. The standard InChI is InChI=1S/C22H22O11/c1-30-13-7-9(21-19(28)17(26)15-10(24)3-2-4-12(15)31-21)5-6-11(13)32-22-20(29)18(27)16(25)14(8-23)33-22/h2-7,14,16,18,20,22-25,27-29H,8H2,1H3. The molecule has 2 heterocycles. The molecule has 0 spiro atoms. The molecule has 1 aromatic heterocycles. The van der Waals surface area contributed by atoms with Gasteiger partial charge in [-0.15, -0.1) is 0 Å². The molecule has 1 aliphatic heterocycles. The lowest BCUT2D eigenvalue weighted by atomic mass is 9.99. The highest BCUT2D eigenvalue weighted by Gasteiger charge is 2.45. The van der Waals surface area contributed by atoms with E-state index in [1.807, 2.05) is 0 Å². The van der Waals surface area contributed by atoms with Crippen LogP contribution in [0, 0.1) is 0 Å². The van der Waals surface area contributed by atoms with Crippen LogP contribution in [-0.2, 0) is 4.74 Å². The second-order valence-electron chi connectivity index (χ2n) is 7.44. The van der Waals surface area contributed by atoms with Gasteiger partial charge in [0, 0.05) is 5.56 Å². The number of rotatable bonds is 5. The maximum atomic E-state index is 12.5. The summed E-state index contributed by atoms with van der Waals surface area (Å²) in [6, 6.07) is 8.47. The number of aliphatic hydroxyl groups is 4. The van der Waals surface area contributed by atoms with Crippen molar-refractivity contribution >= 4 is 11.0 Å². The van der Waals surface area contributed by atoms with Gasteiger partial charge in [0.2, 0.25) is 17.5 Å². The first-order valence-corrected chi connectivity index (χ1v) is 9.90. The van der Waals surface area contributed by atoms with E-state index in [4.69, 9.17) is 18.6 Å². The number of phenols is 1. The van der Waals surface area contributed by atoms with Crippen LogP contribution >= 0.6 is 0 Å². The van der Waals surface area contributed by atoms with Crippen molar-refractivity contribution in [1.82, 2.24) is 0 Å². The molecule has 1 fully saturated rings. The number of phenolic OH excluding ortho intramolecular Hbond substituents is 1. The highest BCUT2D eigenvalue weighted by Crippen LogP contribution is 2.38. The van der Waals surface area contributed by atoms with Gasteiger partial charge in [-0.25, -0.2) is 0 Å². The van der Waals surface area contributed by atoms with E-state index in [1.54, 1.807) is 0 Å². The number of benzene rings is 2. The van der Waals surface area contributed by atoms with Gasteiger partial charge in [0.25, 0.3) is 0 Å². The summed E-state index contributed by atoms with van der Waals surface area (Å²) in [6.07, 6.45) is -7.37. The predicted molar refractivity (Wildman–Crippen MR) is 112 cm³/mol. The molecule has 11 nitrogen and oxygen atoms in total. The number of aromatic hydroxyl groups is 2. The van der Waals surface area contributed by atoms with Gasteiger partial charge in [-0.1, -0.05) is 6.07 Å². The fourth-order valence-electron chi connectivity index (χ4n) is 3.60. The van der Waals surface area contributed by atoms with E-state index in [2.05, 4.69) is 0 Å². The van der Waals surface area contributed by atoms with E-state index in [1.165, 1.54) is 43.5 Å². The van der Waals surface area contributed by atoms with Crippen molar-refractivity contribution in [2.24, 2.45) is 0 Å². The Morgan fingerprint density at radius 3 is 2.45 bits per heavy atom. The predicted octanol–water partition coefficient (Wildman–Crippen LogP) is 0.0585. The summed E-state index contributed by atoms with van der Waals surface area (Å²) in [4.78, 5) is 12.5. The summed E-state index contributed by atoms with van der Waals surface area (Å²) >= 11 is 0. The first-order valence-electron chi connectivity index (χ1n) is 9.90. The van der Waals surface area contributed by atoms with Crippen LogP contribution in [0.3, 0.4) is 0 Å². The summed E-state index contributed by atoms with van der Waals surface area (Å²) < 4.78 is 21.9. The average molecular weight is 462 g/mol. The maximum Gasteiger partial charge on any atom is 0.238 e. The Morgan fingerprint density at radius 1 is 1.00 bits per heavy atom. The number of ether oxygens (including phenoxy) is 3. The largest absolute Gasteiger partial charge is 0.507 e. The molecule has 176 valence electrons. The minimum atomic E-state index is -1.62. The Hall–Kier alpha value is -3.35. The van der Waals surface area contributed by atoms with Gasteiger partial charge in [-0.05, 0) is 30.3 Å². The lowest BCUT2D eigenvalue weighted by Crippen LogP contribution is -2.60. The molecule has 0 aliphatic carbocycles. The Balaban J connectivity index is 1.70. The van der Waals surface area contributed by atoms with Crippen LogP contribution in [0.2, 0.25) is 0 Å². The fraction of sp³-hybridized carbons (Fsp3) is 0.318. The van der Waals surface area contributed by atoms with E-state index < -0.39 is 48.5 Å². The van der Waals surface area contributed by atoms with E-state index >= 15 is 0 Å². The second-order valence-corrected chi connectivity index (χ2v) is 7.44. The minimum Gasteiger partial charge on any atom is -0.507 e. The molecule has 6 N–H and O–H groups in total. The molecule has 1 aliphatic rings. The van der Waals surface area contributed by atoms with Gasteiger partial charge in [-0.3, -0.25) is 4.79 Å². The van der Waals surface area contributed by atoms with Crippen LogP contribution < -0.4 is 14.9 Å². The van der Waals surface area contributed by atoms with Crippen LogP contribution in [0.15, 0.2) is 45.6 Å². The lowest BCUT2D eigenvalue weighted by Gasteiger charge is -2.39. The summed E-state index contributed by atoms with van der Waals surface area (Å²) in [5.41, 5.74) is -0.508. The topological polar surface area (TPSA) is 179 Å². The van der Waals surface area contributed by atoms with Crippen molar-refractivity contribution in [3.63, 3.8) is 0 Å². The number of methoxy groups -OCH3 is 1. The molecule has 1 saturated heterocycles. The third-order valence-corrected chi connectivity index (χ3v) is 5.39. The van der Waals surface area contributed by atoms with Crippen LogP contribution in [0.25, 0.3) is 22.3 Å². The van der Waals surface area contributed by atoms with E-state index in [0.717, 1.165) is 0 Å². The van der Waals surface area contributed by atoms with Crippen LogP contribution in [-0.4, -0.2) is 75.1 Å². The number of aliphatic hydroxyl groups excluding tert-OH is 4. The molecule has 5 unspecified atom stereocenters. The van der Waals surface area contributed by atoms with Crippen molar-refractivity contribution < 1.29 is 49.3 Å². The summed E-state index contributed by atoms with van der Waals surface area (Å²) in [5, 5.41) is 59.5. The van der Waals surface area contributed by atoms with E-state index in [0.29, 0.717) is 0 Å². The molecule has 0 amide bonds. The zero-order chi connectivity index (χ0) is 23.9. The van der Waals surface area contributed by atoms with Crippen molar-refractivity contribution in [2.75, 3.05) is 13.7 Å². The molecular weight excluding hydrogens is 440 g/mol. The van der Waals surface area contributed by atoms with Crippen molar-refractivity contribution in [2.45, 2.75) is 30.7 Å². The third-order valence-electron chi connectivity index (χ3n) is 5.39.